The summed E-state index contributed by atoms with van der Waals surface area (Å²) in [5, 5.41) is 8.80. The van der Waals surface area contributed by atoms with Gasteiger partial charge in [0.25, 0.3) is 5.91 Å². The largest absolute Gasteiger partial charge is 0.477 e. The first-order chi connectivity index (χ1) is 7.73. The summed E-state index contributed by atoms with van der Waals surface area (Å²) in [7, 11) is 1.68. The Kier molecular flexibility index (Phi) is 3.50. The summed E-state index contributed by atoms with van der Waals surface area (Å²) in [6.45, 7) is 5.72. The zero-order valence-electron chi connectivity index (χ0n) is 10.4. The second-order valence-electron chi connectivity index (χ2n) is 4.77. The molecule has 0 spiro atoms. The fourth-order valence-electron chi connectivity index (χ4n) is 1.18. The molecule has 5 nitrogen and oxygen atoms in total. The Morgan fingerprint density at radius 1 is 1.35 bits per heavy atom. The van der Waals surface area contributed by atoms with Gasteiger partial charge in [0.05, 0.1) is 0 Å². The van der Waals surface area contributed by atoms with Crippen LogP contribution in [-0.2, 0) is 0 Å². The van der Waals surface area contributed by atoms with Crippen molar-refractivity contribution in [1.82, 2.24) is 9.88 Å². The number of carboxylic acids is 1. The molecule has 92 valence electrons. The number of aromatic nitrogens is 1. The van der Waals surface area contributed by atoms with Gasteiger partial charge in [0, 0.05) is 24.3 Å². The highest BCUT2D eigenvalue weighted by Crippen LogP contribution is 2.15. The van der Waals surface area contributed by atoms with Crippen LogP contribution in [0.2, 0.25) is 0 Å². The highest BCUT2D eigenvalue weighted by Gasteiger charge is 2.23. The first-order valence-corrected chi connectivity index (χ1v) is 5.21. The molecule has 0 aliphatic rings. The van der Waals surface area contributed by atoms with E-state index < -0.39 is 5.97 Å². The summed E-state index contributed by atoms with van der Waals surface area (Å²) >= 11 is 0. The molecule has 0 aliphatic carbocycles. The second-order valence-corrected chi connectivity index (χ2v) is 4.77. The van der Waals surface area contributed by atoms with Gasteiger partial charge in [-0.15, -0.1) is 0 Å². The molecule has 0 aliphatic heterocycles. The number of amides is 1. The molecule has 1 amide bonds. The van der Waals surface area contributed by atoms with Crippen molar-refractivity contribution in [2.45, 2.75) is 26.3 Å². The third-order valence-electron chi connectivity index (χ3n) is 2.54. The Morgan fingerprint density at radius 3 is 2.41 bits per heavy atom. The van der Waals surface area contributed by atoms with Gasteiger partial charge in [-0.25, -0.2) is 9.78 Å². The molecule has 1 aromatic heterocycles. The molecule has 0 saturated carbocycles. The first kappa shape index (κ1) is 13.2. The number of pyridine rings is 1. The smallest absolute Gasteiger partial charge is 0.354 e. The lowest BCUT2D eigenvalue weighted by atomic mass is 10.1. The summed E-state index contributed by atoms with van der Waals surface area (Å²) in [6.07, 6.45) is 1.33. The van der Waals surface area contributed by atoms with Crippen LogP contribution >= 0.6 is 0 Å². The van der Waals surface area contributed by atoms with Gasteiger partial charge in [-0.2, -0.15) is 0 Å². The van der Waals surface area contributed by atoms with E-state index in [2.05, 4.69) is 4.98 Å². The van der Waals surface area contributed by atoms with Crippen LogP contribution in [0.4, 0.5) is 0 Å². The number of hydrogen-bond donors (Lipinski definition) is 1. The number of carbonyl (C=O) groups is 2. The average Bonchev–Trinajstić information content (AvgIpc) is 2.26. The summed E-state index contributed by atoms with van der Waals surface area (Å²) in [5.74, 6) is -1.36. The van der Waals surface area contributed by atoms with Crippen LogP contribution in [0.3, 0.4) is 0 Å². The molecule has 0 saturated heterocycles. The number of hydrogen-bond acceptors (Lipinski definition) is 3. The minimum Gasteiger partial charge on any atom is -0.477 e. The van der Waals surface area contributed by atoms with E-state index in [1.807, 2.05) is 20.8 Å². The zero-order chi connectivity index (χ0) is 13.2. The lowest BCUT2D eigenvalue weighted by molar-refractivity contribution is 0.0655. The number of carboxylic acid groups (broad SMARTS) is 1. The predicted molar refractivity (Wildman–Crippen MR) is 63.0 cm³/mol. The average molecular weight is 236 g/mol. The number of rotatable bonds is 2. The molecule has 0 aromatic carbocycles. The van der Waals surface area contributed by atoms with Crippen molar-refractivity contribution < 1.29 is 14.7 Å². The minimum absolute atomic E-state index is 0.127. The maximum Gasteiger partial charge on any atom is 0.354 e. The van der Waals surface area contributed by atoms with Crippen LogP contribution in [0.1, 0.15) is 41.6 Å². The van der Waals surface area contributed by atoms with Crippen molar-refractivity contribution >= 4 is 11.9 Å². The van der Waals surface area contributed by atoms with Crippen molar-refractivity contribution in [3.8, 4) is 0 Å². The van der Waals surface area contributed by atoms with Gasteiger partial charge in [0.2, 0.25) is 0 Å². The van der Waals surface area contributed by atoms with Crippen LogP contribution in [0.5, 0.6) is 0 Å². The summed E-state index contributed by atoms with van der Waals surface area (Å²) in [5.41, 5.74) is -0.114. The summed E-state index contributed by atoms with van der Waals surface area (Å²) in [4.78, 5) is 28.1. The molecule has 0 radical (unpaired) electrons. The van der Waals surface area contributed by atoms with Gasteiger partial charge in [-0.05, 0) is 32.9 Å². The predicted octanol–water partition coefficient (Wildman–Crippen LogP) is 1.65. The van der Waals surface area contributed by atoms with Crippen molar-refractivity contribution in [3.05, 3.63) is 29.6 Å². The normalized spacial score (nSPS) is 11.1. The lowest BCUT2D eigenvalue weighted by Crippen LogP contribution is -2.42. The van der Waals surface area contributed by atoms with Crippen molar-refractivity contribution in [2.75, 3.05) is 7.05 Å². The molecule has 1 N–H and O–H groups in total. The van der Waals surface area contributed by atoms with Crippen LogP contribution in [-0.4, -0.2) is 39.5 Å². The monoisotopic (exact) mass is 236 g/mol. The molecule has 0 fully saturated rings. The van der Waals surface area contributed by atoms with Gasteiger partial charge >= 0.3 is 5.97 Å². The molecule has 1 rings (SSSR count). The Balaban J connectivity index is 3.05. The quantitative estimate of drug-likeness (QED) is 0.847. The Labute approximate surface area is 100 Å². The standard InChI is InChI=1S/C12H16N2O3/c1-12(2,3)14(4)10(15)8-5-6-13-9(7-8)11(16)17/h5-7H,1-4H3,(H,16,17). The van der Waals surface area contributed by atoms with E-state index in [0.29, 0.717) is 5.56 Å². The fraction of sp³-hybridized carbons (Fsp3) is 0.417. The van der Waals surface area contributed by atoms with Gasteiger partial charge in [0.1, 0.15) is 5.69 Å². The first-order valence-electron chi connectivity index (χ1n) is 5.21. The molecular weight excluding hydrogens is 220 g/mol. The van der Waals surface area contributed by atoms with Gasteiger partial charge in [-0.1, -0.05) is 0 Å². The van der Waals surface area contributed by atoms with Crippen molar-refractivity contribution in [1.29, 1.82) is 0 Å². The Hall–Kier alpha value is -1.91. The van der Waals surface area contributed by atoms with Crippen LogP contribution in [0.25, 0.3) is 0 Å². The molecule has 0 unspecified atom stereocenters. The van der Waals surface area contributed by atoms with E-state index in [-0.39, 0.29) is 17.1 Å². The molecule has 0 atom stereocenters. The van der Waals surface area contributed by atoms with Crippen LogP contribution in [0, 0.1) is 0 Å². The maximum absolute atomic E-state index is 12.1. The molecular formula is C12H16N2O3. The Morgan fingerprint density at radius 2 is 1.94 bits per heavy atom. The highest BCUT2D eigenvalue weighted by atomic mass is 16.4. The van der Waals surface area contributed by atoms with Crippen molar-refractivity contribution in [3.63, 3.8) is 0 Å². The van der Waals surface area contributed by atoms with Gasteiger partial charge in [0.15, 0.2) is 0 Å². The third kappa shape index (κ3) is 3.03. The van der Waals surface area contributed by atoms with Crippen molar-refractivity contribution in [2.24, 2.45) is 0 Å². The van der Waals surface area contributed by atoms with Gasteiger partial charge < -0.3 is 10.0 Å². The topological polar surface area (TPSA) is 70.5 Å². The van der Waals surface area contributed by atoms with E-state index in [9.17, 15) is 9.59 Å². The highest BCUT2D eigenvalue weighted by molar-refractivity contribution is 5.96. The molecule has 1 aromatic rings. The fourth-order valence-corrected chi connectivity index (χ4v) is 1.18. The molecule has 1 heterocycles. The molecule has 0 bridgehead atoms. The summed E-state index contributed by atoms with van der Waals surface area (Å²) < 4.78 is 0. The minimum atomic E-state index is -1.14. The second kappa shape index (κ2) is 4.53. The number of carbonyl (C=O) groups excluding carboxylic acids is 1. The van der Waals surface area contributed by atoms with E-state index in [1.54, 1.807) is 11.9 Å². The SMILES string of the molecule is CN(C(=O)c1ccnc(C(=O)O)c1)C(C)(C)C. The van der Waals surface area contributed by atoms with E-state index >= 15 is 0 Å². The maximum atomic E-state index is 12.1. The number of nitrogens with zero attached hydrogens (tertiary/aromatic N) is 2. The van der Waals surface area contributed by atoms with Crippen LogP contribution in [0.15, 0.2) is 18.3 Å². The van der Waals surface area contributed by atoms with E-state index in [0.717, 1.165) is 0 Å². The zero-order valence-corrected chi connectivity index (χ0v) is 10.4. The summed E-state index contributed by atoms with van der Waals surface area (Å²) in [6, 6.07) is 2.80. The molecule has 17 heavy (non-hydrogen) atoms. The number of aromatic carboxylic acids is 1. The molecule has 5 heteroatoms. The van der Waals surface area contributed by atoms with E-state index in [4.69, 9.17) is 5.11 Å². The van der Waals surface area contributed by atoms with E-state index in [1.165, 1.54) is 18.3 Å². The lowest BCUT2D eigenvalue weighted by Gasteiger charge is -2.32. The third-order valence-corrected chi connectivity index (χ3v) is 2.54. The van der Waals surface area contributed by atoms with Gasteiger partial charge in [-0.3, -0.25) is 4.79 Å². The van der Waals surface area contributed by atoms with Crippen LogP contribution < -0.4 is 0 Å². The Bertz CT molecular complexity index is 449.